The smallest absolute Gasteiger partial charge is 0.173 e. The summed E-state index contributed by atoms with van der Waals surface area (Å²) < 4.78 is 13.8. The molecule has 4 rings (SSSR count). The van der Waals surface area contributed by atoms with Crippen LogP contribution in [-0.4, -0.2) is 52.1 Å². The second-order valence-corrected chi connectivity index (χ2v) is 10.4. The van der Waals surface area contributed by atoms with E-state index in [0.29, 0.717) is 18.5 Å². The van der Waals surface area contributed by atoms with Gasteiger partial charge in [-0.1, -0.05) is 32.3 Å². The quantitative estimate of drug-likeness (QED) is 0.183. The first-order chi connectivity index (χ1) is 18.6. The van der Waals surface area contributed by atoms with Crippen LogP contribution in [0.25, 0.3) is 11.2 Å². The summed E-state index contributed by atoms with van der Waals surface area (Å²) in [7, 11) is 1.67. The highest BCUT2D eigenvalue weighted by atomic mass is 16.5. The lowest BCUT2D eigenvalue weighted by Gasteiger charge is -2.17. The zero-order chi connectivity index (χ0) is 26.7. The molecule has 38 heavy (non-hydrogen) atoms. The highest BCUT2D eigenvalue weighted by molar-refractivity contribution is 5.69. The number of rotatable bonds is 16. The van der Waals surface area contributed by atoms with E-state index in [-0.39, 0.29) is 17.5 Å². The fourth-order valence-corrected chi connectivity index (χ4v) is 5.07. The van der Waals surface area contributed by atoms with Crippen molar-refractivity contribution in [3.63, 3.8) is 0 Å². The van der Waals surface area contributed by atoms with Gasteiger partial charge >= 0.3 is 0 Å². The first-order valence-corrected chi connectivity index (χ1v) is 14.1. The average molecular weight is 523 g/mol. The number of fused-ring (bicyclic) bond motifs is 1. The van der Waals surface area contributed by atoms with E-state index in [1.165, 1.54) is 25.7 Å². The van der Waals surface area contributed by atoms with Crippen LogP contribution in [0.2, 0.25) is 0 Å². The summed E-state index contributed by atoms with van der Waals surface area (Å²) in [5, 5.41) is 11.8. The van der Waals surface area contributed by atoms with Gasteiger partial charge in [0, 0.05) is 18.9 Å². The molecule has 0 aliphatic heterocycles. The first-order valence-electron chi connectivity index (χ1n) is 14.1. The lowest BCUT2D eigenvalue weighted by Crippen LogP contribution is -2.21. The molecule has 9 heteroatoms. The lowest BCUT2D eigenvalue weighted by atomic mass is 10.1. The molecular weight excluding hydrogens is 480 g/mol. The number of hydrogen-bond donors (Lipinski definition) is 3. The second kappa shape index (κ2) is 14.1. The number of carbonyl (C=O) groups is 1. The molecule has 1 aliphatic rings. The molecule has 9 nitrogen and oxygen atoms in total. The van der Waals surface area contributed by atoms with Gasteiger partial charge in [-0.3, -0.25) is 5.41 Å². The standard InChI is InChI=1S/C29H42N6O3/c1-21(18-31-15-9-5-3-4-6-10-16-36)28-33-26-27(30)32-20-35(29(26)34-28)19-22-13-14-24(37-2)25(17-22)38-23-11-7-8-12-23/h13-14,16-17,20-21,23,30-31H,3-12,15,18-19H2,1-2H3,(H,33,34). The number of methoxy groups -OCH3 is 1. The molecule has 0 spiro atoms. The molecule has 1 unspecified atom stereocenters. The number of H-pyrrole nitrogens is 1. The molecule has 1 saturated carbocycles. The van der Waals surface area contributed by atoms with E-state index in [9.17, 15) is 4.79 Å². The van der Waals surface area contributed by atoms with E-state index in [2.05, 4.69) is 22.2 Å². The van der Waals surface area contributed by atoms with E-state index in [1.54, 1.807) is 13.4 Å². The second-order valence-electron chi connectivity index (χ2n) is 10.4. The zero-order valence-electron chi connectivity index (χ0n) is 22.8. The number of nitrogens with zero attached hydrogens (tertiary/aromatic N) is 3. The van der Waals surface area contributed by atoms with Crippen molar-refractivity contribution in [3.8, 4) is 11.5 Å². The van der Waals surface area contributed by atoms with Crippen LogP contribution >= 0.6 is 0 Å². The van der Waals surface area contributed by atoms with Crippen molar-refractivity contribution in [1.29, 1.82) is 5.41 Å². The van der Waals surface area contributed by atoms with Crippen molar-refractivity contribution < 1.29 is 14.3 Å². The Morgan fingerprint density at radius 3 is 2.76 bits per heavy atom. The number of imidazole rings is 1. The van der Waals surface area contributed by atoms with Crippen LogP contribution in [0.3, 0.4) is 0 Å². The van der Waals surface area contributed by atoms with Gasteiger partial charge in [0.25, 0.3) is 0 Å². The fraction of sp³-hybridized carbons (Fsp3) is 0.586. The normalized spacial score (nSPS) is 14.7. The SMILES string of the molecule is COc1ccc(Cn2cnc(=N)c3[nH]c(C(C)CNCCCCCCCC=O)nc32)cc1OC1CCCC1. The average Bonchev–Trinajstić information content (AvgIpc) is 3.61. The Balaban J connectivity index is 1.38. The number of ether oxygens (including phenoxy) is 2. The van der Waals surface area contributed by atoms with Crippen LogP contribution in [0, 0.1) is 5.41 Å². The Morgan fingerprint density at radius 2 is 1.97 bits per heavy atom. The number of aldehydes is 1. The molecule has 3 aromatic rings. The molecular formula is C29H42N6O3. The lowest BCUT2D eigenvalue weighted by molar-refractivity contribution is -0.107. The Hall–Kier alpha value is -3.20. The summed E-state index contributed by atoms with van der Waals surface area (Å²) in [6.07, 6.45) is 13.8. The topological polar surface area (TPSA) is 118 Å². The maximum Gasteiger partial charge on any atom is 0.173 e. The molecule has 0 amide bonds. The molecule has 1 fully saturated rings. The summed E-state index contributed by atoms with van der Waals surface area (Å²) in [6.45, 7) is 4.48. The van der Waals surface area contributed by atoms with Crippen LogP contribution in [0.4, 0.5) is 0 Å². The number of unbranched alkanes of at least 4 members (excludes halogenated alkanes) is 5. The van der Waals surface area contributed by atoms with Gasteiger partial charge < -0.3 is 29.1 Å². The minimum absolute atomic E-state index is 0.176. The van der Waals surface area contributed by atoms with Crippen molar-refractivity contribution >= 4 is 17.5 Å². The molecule has 0 radical (unpaired) electrons. The zero-order valence-corrected chi connectivity index (χ0v) is 22.8. The van der Waals surface area contributed by atoms with Crippen molar-refractivity contribution in [2.24, 2.45) is 0 Å². The Bertz CT molecular complexity index is 1230. The summed E-state index contributed by atoms with van der Waals surface area (Å²) >= 11 is 0. The third kappa shape index (κ3) is 7.43. The van der Waals surface area contributed by atoms with Crippen molar-refractivity contribution in [2.75, 3.05) is 20.2 Å². The largest absolute Gasteiger partial charge is 0.493 e. The maximum absolute atomic E-state index is 10.4. The monoisotopic (exact) mass is 522 g/mol. The minimum Gasteiger partial charge on any atom is -0.493 e. The molecule has 206 valence electrons. The first kappa shape index (κ1) is 27.8. The number of carbonyl (C=O) groups excluding carboxylic acids is 1. The van der Waals surface area contributed by atoms with Gasteiger partial charge in [0.2, 0.25) is 0 Å². The van der Waals surface area contributed by atoms with Crippen LogP contribution in [0.15, 0.2) is 24.5 Å². The third-order valence-electron chi connectivity index (χ3n) is 7.31. The highest BCUT2D eigenvalue weighted by Gasteiger charge is 2.19. The van der Waals surface area contributed by atoms with Gasteiger partial charge in [0.15, 0.2) is 22.6 Å². The molecule has 0 saturated heterocycles. The Kier molecular flexibility index (Phi) is 10.3. The van der Waals surface area contributed by atoms with E-state index in [4.69, 9.17) is 19.9 Å². The predicted molar refractivity (Wildman–Crippen MR) is 148 cm³/mol. The molecule has 1 aromatic carbocycles. The minimum atomic E-state index is 0.176. The Labute approximate surface area is 224 Å². The van der Waals surface area contributed by atoms with E-state index >= 15 is 0 Å². The molecule has 0 bridgehead atoms. The number of benzene rings is 1. The maximum atomic E-state index is 10.4. The van der Waals surface area contributed by atoms with Gasteiger partial charge in [-0.15, -0.1) is 0 Å². The van der Waals surface area contributed by atoms with E-state index in [0.717, 1.165) is 80.0 Å². The highest BCUT2D eigenvalue weighted by Crippen LogP contribution is 2.32. The molecule has 2 aromatic heterocycles. The van der Waals surface area contributed by atoms with Crippen LogP contribution in [0.5, 0.6) is 11.5 Å². The Morgan fingerprint density at radius 1 is 1.18 bits per heavy atom. The van der Waals surface area contributed by atoms with Crippen molar-refractivity contribution in [1.82, 2.24) is 24.8 Å². The molecule has 1 atom stereocenters. The van der Waals surface area contributed by atoms with Crippen LogP contribution in [0.1, 0.15) is 88.4 Å². The van der Waals surface area contributed by atoms with Gasteiger partial charge in [-0.25, -0.2) is 9.97 Å². The number of aromatic amines is 1. The molecule has 3 N–H and O–H groups in total. The molecule has 2 heterocycles. The summed E-state index contributed by atoms with van der Waals surface area (Å²) in [6, 6.07) is 6.04. The van der Waals surface area contributed by atoms with Gasteiger partial charge in [-0.2, -0.15) is 0 Å². The number of hydrogen-bond acceptors (Lipinski definition) is 7. The predicted octanol–water partition coefficient (Wildman–Crippen LogP) is 4.85. The summed E-state index contributed by atoms with van der Waals surface area (Å²) in [5.74, 6) is 2.56. The summed E-state index contributed by atoms with van der Waals surface area (Å²) in [5.41, 5.74) is 2.65. The van der Waals surface area contributed by atoms with E-state index < -0.39 is 0 Å². The third-order valence-corrected chi connectivity index (χ3v) is 7.31. The van der Waals surface area contributed by atoms with Crippen molar-refractivity contribution in [2.45, 2.75) is 89.7 Å². The number of nitrogens with one attached hydrogen (secondary N) is 3. The van der Waals surface area contributed by atoms with Crippen LogP contribution in [-0.2, 0) is 11.3 Å². The van der Waals surface area contributed by atoms with Crippen LogP contribution < -0.4 is 20.3 Å². The summed E-state index contributed by atoms with van der Waals surface area (Å²) in [4.78, 5) is 22.9. The van der Waals surface area contributed by atoms with Gasteiger partial charge in [0.05, 0.1) is 26.1 Å². The van der Waals surface area contributed by atoms with Crippen molar-refractivity contribution in [3.05, 3.63) is 41.4 Å². The van der Waals surface area contributed by atoms with Gasteiger partial charge in [-0.05, 0) is 62.8 Å². The fourth-order valence-electron chi connectivity index (χ4n) is 5.07. The number of aromatic nitrogens is 4. The van der Waals surface area contributed by atoms with Gasteiger partial charge in [0.1, 0.15) is 17.6 Å². The molecule has 1 aliphatic carbocycles. The van der Waals surface area contributed by atoms with E-state index in [1.807, 2.05) is 22.8 Å².